The van der Waals surface area contributed by atoms with Gasteiger partial charge in [0.1, 0.15) is 11.9 Å². The number of piperidine rings is 1. The first-order valence-electron chi connectivity index (χ1n) is 9.33. The van der Waals surface area contributed by atoms with Crippen LogP contribution in [0.5, 0.6) is 5.75 Å². The standard InChI is InChI=1S/C20H21ClN4O2S/c1-2-16-13-28-20(23-16)25-12-14(11-22-25)19(26)24-9-7-18(8-10-24)27-17-5-3-15(21)4-6-17/h3-6,11-13,18H,2,7-10H2,1H3. The maximum atomic E-state index is 12.8. The van der Waals surface area contributed by atoms with Crippen molar-refractivity contribution in [2.45, 2.75) is 32.3 Å². The first kappa shape index (κ1) is 19.0. The molecule has 1 amide bonds. The van der Waals surface area contributed by atoms with Crippen LogP contribution in [0.15, 0.2) is 42.0 Å². The molecule has 0 saturated carbocycles. The Labute approximate surface area is 172 Å². The molecule has 6 nitrogen and oxygen atoms in total. The van der Waals surface area contributed by atoms with Gasteiger partial charge >= 0.3 is 0 Å². The second-order valence-electron chi connectivity index (χ2n) is 6.71. The third-order valence-electron chi connectivity index (χ3n) is 4.77. The number of amides is 1. The van der Waals surface area contributed by atoms with Crippen LogP contribution in [-0.4, -0.2) is 44.8 Å². The lowest BCUT2D eigenvalue weighted by atomic mass is 10.1. The van der Waals surface area contributed by atoms with Gasteiger partial charge in [-0.25, -0.2) is 9.67 Å². The number of benzene rings is 1. The number of hydrogen-bond acceptors (Lipinski definition) is 5. The fourth-order valence-electron chi connectivity index (χ4n) is 3.17. The molecule has 4 rings (SSSR count). The summed E-state index contributed by atoms with van der Waals surface area (Å²) in [7, 11) is 0. The highest BCUT2D eigenvalue weighted by atomic mass is 35.5. The Morgan fingerprint density at radius 2 is 2.04 bits per heavy atom. The van der Waals surface area contributed by atoms with Crippen LogP contribution < -0.4 is 4.74 Å². The number of carbonyl (C=O) groups excluding carboxylic acids is 1. The summed E-state index contributed by atoms with van der Waals surface area (Å²) in [5.41, 5.74) is 1.62. The van der Waals surface area contributed by atoms with Gasteiger partial charge in [-0.15, -0.1) is 11.3 Å². The number of rotatable bonds is 5. The molecule has 3 heterocycles. The number of thiazole rings is 1. The Hall–Kier alpha value is -2.38. The topological polar surface area (TPSA) is 60.2 Å². The Morgan fingerprint density at radius 1 is 1.29 bits per heavy atom. The normalized spacial score (nSPS) is 15.0. The minimum atomic E-state index is 0.00321. The summed E-state index contributed by atoms with van der Waals surface area (Å²) in [4.78, 5) is 19.2. The maximum Gasteiger partial charge on any atom is 0.257 e. The number of ether oxygens (including phenoxy) is 1. The third-order valence-corrected chi connectivity index (χ3v) is 5.90. The Bertz CT molecular complexity index is 945. The van der Waals surface area contributed by atoms with E-state index in [2.05, 4.69) is 17.0 Å². The van der Waals surface area contributed by atoms with Crippen LogP contribution >= 0.6 is 22.9 Å². The summed E-state index contributed by atoms with van der Waals surface area (Å²) >= 11 is 7.44. The zero-order chi connectivity index (χ0) is 19.5. The van der Waals surface area contributed by atoms with E-state index in [9.17, 15) is 4.79 Å². The summed E-state index contributed by atoms with van der Waals surface area (Å²) in [5.74, 6) is 0.814. The zero-order valence-electron chi connectivity index (χ0n) is 15.5. The molecule has 0 bridgehead atoms. The van der Waals surface area contributed by atoms with E-state index in [1.165, 1.54) is 11.3 Å². The van der Waals surface area contributed by atoms with Crippen molar-refractivity contribution in [2.75, 3.05) is 13.1 Å². The lowest BCUT2D eigenvalue weighted by molar-refractivity contribution is 0.0595. The molecule has 3 aromatic rings. The van der Waals surface area contributed by atoms with E-state index in [0.717, 1.165) is 35.8 Å². The van der Waals surface area contributed by atoms with Gasteiger partial charge in [-0.1, -0.05) is 18.5 Å². The molecule has 0 atom stereocenters. The highest BCUT2D eigenvalue weighted by molar-refractivity contribution is 7.12. The van der Waals surface area contributed by atoms with Gasteiger partial charge in [0.25, 0.3) is 5.91 Å². The zero-order valence-corrected chi connectivity index (χ0v) is 17.1. The van der Waals surface area contributed by atoms with Crippen molar-refractivity contribution in [1.82, 2.24) is 19.7 Å². The first-order valence-corrected chi connectivity index (χ1v) is 10.6. The molecule has 1 aliphatic heterocycles. The van der Waals surface area contributed by atoms with E-state index < -0.39 is 0 Å². The molecule has 0 radical (unpaired) electrons. The molecule has 1 aliphatic rings. The van der Waals surface area contributed by atoms with E-state index >= 15 is 0 Å². The summed E-state index contributed by atoms with van der Waals surface area (Å²) in [5, 5.41) is 7.80. The summed E-state index contributed by atoms with van der Waals surface area (Å²) in [6, 6.07) is 7.38. The van der Waals surface area contributed by atoms with Gasteiger partial charge in [-0.05, 0) is 30.7 Å². The second kappa shape index (κ2) is 8.32. The first-order chi connectivity index (χ1) is 13.6. The smallest absolute Gasteiger partial charge is 0.257 e. The molecule has 146 valence electrons. The third kappa shape index (κ3) is 4.20. The number of aryl methyl sites for hydroxylation is 1. The quantitative estimate of drug-likeness (QED) is 0.624. The predicted molar refractivity (Wildman–Crippen MR) is 110 cm³/mol. The molecule has 1 aromatic carbocycles. The largest absolute Gasteiger partial charge is 0.490 e. The molecular formula is C20H21ClN4O2S. The summed E-state index contributed by atoms with van der Waals surface area (Å²) in [6.45, 7) is 3.40. The van der Waals surface area contributed by atoms with E-state index in [-0.39, 0.29) is 12.0 Å². The van der Waals surface area contributed by atoms with Crippen LogP contribution in [0.25, 0.3) is 5.13 Å². The van der Waals surface area contributed by atoms with Crippen molar-refractivity contribution >= 4 is 28.8 Å². The van der Waals surface area contributed by atoms with Crippen molar-refractivity contribution in [3.63, 3.8) is 0 Å². The summed E-state index contributed by atoms with van der Waals surface area (Å²) < 4.78 is 7.67. The minimum Gasteiger partial charge on any atom is -0.490 e. The van der Waals surface area contributed by atoms with E-state index in [1.54, 1.807) is 17.1 Å². The number of hydrogen-bond donors (Lipinski definition) is 0. The molecule has 2 aromatic heterocycles. The average molecular weight is 417 g/mol. The Kier molecular flexibility index (Phi) is 5.64. The van der Waals surface area contributed by atoms with Crippen molar-refractivity contribution in [3.8, 4) is 10.9 Å². The molecule has 0 N–H and O–H groups in total. The molecule has 28 heavy (non-hydrogen) atoms. The van der Waals surface area contributed by atoms with Gasteiger partial charge in [-0.3, -0.25) is 4.79 Å². The van der Waals surface area contributed by atoms with Crippen LogP contribution in [0.2, 0.25) is 5.02 Å². The van der Waals surface area contributed by atoms with E-state index in [0.29, 0.717) is 23.7 Å². The monoisotopic (exact) mass is 416 g/mol. The van der Waals surface area contributed by atoms with Gasteiger partial charge in [0, 0.05) is 42.5 Å². The molecule has 8 heteroatoms. The lowest BCUT2D eigenvalue weighted by Crippen LogP contribution is -2.41. The molecule has 0 spiro atoms. The molecule has 1 saturated heterocycles. The van der Waals surface area contributed by atoms with Crippen LogP contribution in [0.4, 0.5) is 0 Å². The number of aromatic nitrogens is 3. The number of likely N-dealkylation sites (tertiary alicyclic amines) is 1. The second-order valence-corrected chi connectivity index (χ2v) is 7.98. The van der Waals surface area contributed by atoms with Crippen LogP contribution in [0.1, 0.15) is 35.8 Å². The van der Waals surface area contributed by atoms with E-state index in [4.69, 9.17) is 16.3 Å². The van der Waals surface area contributed by atoms with E-state index in [1.807, 2.05) is 34.5 Å². The molecule has 1 fully saturated rings. The Morgan fingerprint density at radius 3 is 2.71 bits per heavy atom. The molecule has 0 aliphatic carbocycles. The lowest BCUT2D eigenvalue weighted by Gasteiger charge is -2.32. The maximum absolute atomic E-state index is 12.8. The molecular weight excluding hydrogens is 396 g/mol. The predicted octanol–water partition coefficient (Wildman–Crippen LogP) is 4.23. The fraction of sp³-hybridized carbons (Fsp3) is 0.350. The fourth-order valence-corrected chi connectivity index (χ4v) is 4.13. The minimum absolute atomic E-state index is 0.00321. The van der Waals surface area contributed by atoms with Crippen molar-refractivity contribution in [2.24, 2.45) is 0 Å². The SMILES string of the molecule is CCc1csc(-n2cc(C(=O)N3CCC(Oc4ccc(Cl)cc4)CC3)cn2)n1. The van der Waals surface area contributed by atoms with Crippen LogP contribution in [0.3, 0.4) is 0 Å². The van der Waals surface area contributed by atoms with Gasteiger partial charge in [0.15, 0.2) is 0 Å². The average Bonchev–Trinajstić information content (AvgIpc) is 3.39. The Balaban J connectivity index is 1.34. The van der Waals surface area contributed by atoms with Crippen molar-refractivity contribution < 1.29 is 9.53 Å². The van der Waals surface area contributed by atoms with Gasteiger partial charge in [-0.2, -0.15) is 5.10 Å². The van der Waals surface area contributed by atoms with Gasteiger partial charge in [0.05, 0.1) is 17.5 Å². The van der Waals surface area contributed by atoms with Crippen LogP contribution in [0, 0.1) is 0 Å². The van der Waals surface area contributed by atoms with Crippen LogP contribution in [-0.2, 0) is 6.42 Å². The number of carbonyl (C=O) groups is 1. The van der Waals surface area contributed by atoms with Gasteiger partial charge in [0.2, 0.25) is 5.13 Å². The number of halogens is 1. The summed E-state index contributed by atoms with van der Waals surface area (Å²) in [6.07, 6.45) is 5.97. The van der Waals surface area contributed by atoms with Gasteiger partial charge < -0.3 is 9.64 Å². The van der Waals surface area contributed by atoms with Crippen molar-refractivity contribution in [1.29, 1.82) is 0 Å². The van der Waals surface area contributed by atoms with Crippen molar-refractivity contribution in [3.05, 3.63) is 58.3 Å². The molecule has 0 unspecified atom stereocenters. The highest BCUT2D eigenvalue weighted by Gasteiger charge is 2.25. The highest BCUT2D eigenvalue weighted by Crippen LogP contribution is 2.22. The number of nitrogens with zero attached hydrogens (tertiary/aromatic N) is 4.